The van der Waals surface area contributed by atoms with Crippen molar-refractivity contribution in [1.82, 2.24) is 0 Å². The highest BCUT2D eigenvalue weighted by molar-refractivity contribution is 9.10. The van der Waals surface area contributed by atoms with Crippen LogP contribution in [0.2, 0.25) is 0 Å². The SMILES string of the molecule is C/C(=C\C=O)c1ccccc1Br. The summed E-state index contributed by atoms with van der Waals surface area (Å²) in [5.74, 6) is 0. The molecule has 0 amide bonds. The number of benzene rings is 1. The Labute approximate surface area is 80.2 Å². The third-order valence-electron chi connectivity index (χ3n) is 1.62. The Hall–Kier alpha value is -0.890. The third kappa shape index (κ3) is 2.05. The summed E-state index contributed by atoms with van der Waals surface area (Å²) in [4.78, 5) is 10.2. The number of carbonyl (C=O) groups is 1. The van der Waals surface area contributed by atoms with Crippen molar-refractivity contribution in [3.8, 4) is 0 Å². The van der Waals surface area contributed by atoms with Crippen LogP contribution in [0.15, 0.2) is 34.8 Å². The number of hydrogen-bond donors (Lipinski definition) is 0. The molecule has 0 aliphatic heterocycles. The summed E-state index contributed by atoms with van der Waals surface area (Å²) in [5, 5.41) is 0. The van der Waals surface area contributed by atoms with Crippen LogP contribution in [0, 0.1) is 0 Å². The van der Waals surface area contributed by atoms with E-state index >= 15 is 0 Å². The van der Waals surface area contributed by atoms with Crippen molar-refractivity contribution >= 4 is 27.8 Å². The molecule has 0 saturated carbocycles. The monoisotopic (exact) mass is 224 g/mol. The van der Waals surface area contributed by atoms with Gasteiger partial charge in [0.05, 0.1) is 0 Å². The number of hydrogen-bond acceptors (Lipinski definition) is 1. The second-order valence-corrected chi connectivity index (χ2v) is 3.32. The van der Waals surface area contributed by atoms with Crippen LogP contribution in [-0.4, -0.2) is 6.29 Å². The molecule has 62 valence electrons. The van der Waals surface area contributed by atoms with E-state index in [0.29, 0.717) is 0 Å². The van der Waals surface area contributed by atoms with Crippen LogP contribution in [-0.2, 0) is 4.79 Å². The molecule has 0 aliphatic carbocycles. The van der Waals surface area contributed by atoms with Crippen LogP contribution in [0.25, 0.3) is 5.57 Å². The Balaban J connectivity index is 3.10. The maximum atomic E-state index is 10.2. The van der Waals surface area contributed by atoms with Gasteiger partial charge < -0.3 is 0 Å². The molecule has 0 saturated heterocycles. The summed E-state index contributed by atoms with van der Waals surface area (Å²) in [6.07, 6.45) is 2.36. The van der Waals surface area contributed by atoms with E-state index in [1.165, 1.54) is 0 Å². The summed E-state index contributed by atoms with van der Waals surface area (Å²) in [7, 11) is 0. The predicted molar refractivity (Wildman–Crippen MR) is 53.9 cm³/mol. The maximum absolute atomic E-state index is 10.2. The molecule has 0 aliphatic rings. The Morgan fingerprint density at radius 2 is 2.08 bits per heavy atom. The molecule has 12 heavy (non-hydrogen) atoms. The lowest BCUT2D eigenvalue weighted by atomic mass is 10.1. The van der Waals surface area contributed by atoms with Gasteiger partial charge in [0.25, 0.3) is 0 Å². The van der Waals surface area contributed by atoms with Crippen molar-refractivity contribution in [3.63, 3.8) is 0 Å². The molecule has 0 bridgehead atoms. The van der Waals surface area contributed by atoms with E-state index < -0.39 is 0 Å². The second-order valence-electron chi connectivity index (χ2n) is 2.47. The van der Waals surface area contributed by atoms with E-state index in [0.717, 1.165) is 21.9 Å². The molecule has 1 aromatic rings. The lowest BCUT2D eigenvalue weighted by Gasteiger charge is -2.01. The van der Waals surface area contributed by atoms with E-state index in [4.69, 9.17) is 0 Å². The first-order chi connectivity index (χ1) is 5.75. The lowest BCUT2D eigenvalue weighted by Crippen LogP contribution is -1.81. The fourth-order valence-corrected chi connectivity index (χ4v) is 1.57. The number of aldehydes is 1. The summed E-state index contributed by atoms with van der Waals surface area (Å²) in [6, 6.07) is 7.82. The molecule has 1 nitrogen and oxygen atoms in total. The molecular weight excluding hydrogens is 216 g/mol. The van der Waals surface area contributed by atoms with Gasteiger partial charge in [-0.15, -0.1) is 0 Å². The largest absolute Gasteiger partial charge is 0.299 e. The lowest BCUT2D eigenvalue weighted by molar-refractivity contribution is -0.104. The molecule has 2 heteroatoms. The van der Waals surface area contributed by atoms with E-state index in [1.807, 2.05) is 31.2 Å². The molecule has 0 atom stereocenters. The second kappa shape index (κ2) is 4.21. The van der Waals surface area contributed by atoms with Crippen LogP contribution in [0.4, 0.5) is 0 Å². The van der Waals surface area contributed by atoms with Gasteiger partial charge in [0, 0.05) is 4.47 Å². The van der Waals surface area contributed by atoms with Crippen molar-refractivity contribution in [2.24, 2.45) is 0 Å². The van der Waals surface area contributed by atoms with Crippen molar-refractivity contribution < 1.29 is 4.79 Å². The fourth-order valence-electron chi connectivity index (χ4n) is 0.973. The zero-order valence-electron chi connectivity index (χ0n) is 6.75. The molecule has 0 spiro atoms. The van der Waals surface area contributed by atoms with Crippen LogP contribution >= 0.6 is 15.9 Å². The number of rotatable bonds is 2. The minimum Gasteiger partial charge on any atom is -0.299 e. The van der Waals surface area contributed by atoms with Crippen LogP contribution in [0.5, 0.6) is 0 Å². The van der Waals surface area contributed by atoms with Crippen LogP contribution in [0.3, 0.4) is 0 Å². The molecule has 1 rings (SSSR count). The standard InChI is InChI=1S/C10H9BrO/c1-8(6-7-12)9-4-2-3-5-10(9)11/h2-7H,1H3/b8-6+. The third-order valence-corrected chi connectivity index (χ3v) is 2.31. The fraction of sp³-hybridized carbons (Fsp3) is 0.100. The normalized spacial score (nSPS) is 11.3. The Morgan fingerprint density at radius 3 is 2.67 bits per heavy atom. The first-order valence-electron chi connectivity index (χ1n) is 3.62. The van der Waals surface area contributed by atoms with Crippen LogP contribution < -0.4 is 0 Å². The van der Waals surface area contributed by atoms with Crippen molar-refractivity contribution in [3.05, 3.63) is 40.4 Å². The number of halogens is 1. The van der Waals surface area contributed by atoms with Gasteiger partial charge in [-0.1, -0.05) is 34.1 Å². The van der Waals surface area contributed by atoms with Gasteiger partial charge >= 0.3 is 0 Å². The van der Waals surface area contributed by atoms with Gasteiger partial charge in [-0.2, -0.15) is 0 Å². The Bertz CT molecular complexity index is 315. The van der Waals surface area contributed by atoms with E-state index in [9.17, 15) is 4.79 Å². The van der Waals surface area contributed by atoms with E-state index in [1.54, 1.807) is 6.08 Å². The average molecular weight is 225 g/mol. The first kappa shape index (κ1) is 9.20. The van der Waals surface area contributed by atoms with Crippen molar-refractivity contribution in [2.45, 2.75) is 6.92 Å². The molecule has 0 fully saturated rings. The summed E-state index contributed by atoms with van der Waals surface area (Å²) >= 11 is 3.41. The predicted octanol–water partition coefficient (Wildman–Crippen LogP) is 3.05. The van der Waals surface area contributed by atoms with Gasteiger partial charge in [-0.3, -0.25) is 4.79 Å². The quantitative estimate of drug-likeness (QED) is 0.558. The Morgan fingerprint density at radius 1 is 1.42 bits per heavy atom. The van der Waals surface area contributed by atoms with Gasteiger partial charge in [0.1, 0.15) is 6.29 Å². The zero-order valence-corrected chi connectivity index (χ0v) is 8.34. The maximum Gasteiger partial charge on any atom is 0.143 e. The summed E-state index contributed by atoms with van der Waals surface area (Å²) in [6.45, 7) is 1.91. The van der Waals surface area contributed by atoms with E-state index in [2.05, 4.69) is 15.9 Å². The smallest absolute Gasteiger partial charge is 0.143 e. The topological polar surface area (TPSA) is 17.1 Å². The molecule has 0 radical (unpaired) electrons. The molecule has 0 unspecified atom stereocenters. The summed E-state index contributed by atoms with van der Waals surface area (Å²) < 4.78 is 1.01. The van der Waals surface area contributed by atoms with Gasteiger partial charge in [-0.25, -0.2) is 0 Å². The van der Waals surface area contributed by atoms with Crippen LogP contribution in [0.1, 0.15) is 12.5 Å². The number of allylic oxidation sites excluding steroid dienone is 2. The van der Waals surface area contributed by atoms with Crippen molar-refractivity contribution in [2.75, 3.05) is 0 Å². The highest BCUT2D eigenvalue weighted by Crippen LogP contribution is 2.22. The molecule has 1 aromatic carbocycles. The zero-order chi connectivity index (χ0) is 8.97. The minimum absolute atomic E-state index is 0.800. The number of carbonyl (C=O) groups excluding carboxylic acids is 1. The highest BCUT2D eigenvalue weighted by Gasteiger charge is 1.98. The molecular formula is C10H9BrO. The minimum atomic E-state index is 0.800. The Kier molecular flexibility index (Phi) is 3.23. The van der Waals surface area contributed by atoms with Gasteiger partial charge in [-0.05, 0) is 30.2 Å². The van der Waals surface area contributed by atoms with Gasteiger partial charge in [0.15, 0.2) is 0 Å². The first-order valence-corrected chi connectivity index (χ1v) is 4.42. The molecule has 0 aromatic heterocycles. The average Bonchev–Trinajstić information content (AvgIpc) is 2.05. The molecule has 0 N–H and O–H groups in total. The summed E-state index contributed by atoms with van der Waals surface area (Å²) in [5.41, 5.74) is 2.03. The van der Waals surface area contributed by atoms with Crippen molar-refractivity contribution in [1.29, 1.82) is 0 Å². The molecule has 0 heterocycles. The highest BCUT2D eigenvalue weighted by atomic mass is 79.9. The van der Waals surface area contributed by atoms with E-state index in [-0.39, 0.29) is 0 Å². The van der Waals surface area contributed by atoms with Gasteiger partial charge in [0.2, 0.25) is 0 Å².